The fourth-order valence-corrected chi connectivity index (χ4v) is 6.08. The van der Waals surface area contributed by atoms with Gasteiger partial charge in [-0.1, -0.05) is 25.8 Å². The van der Waals surface area contributed by atoms with Gasteiger partial charge in [0.1, 0.15) is 11.4 Å². The van der Waals surface area contributed by atoms with Crippen LogP contribution >= 0.6 is 0 Å². The summed E-state index contributed by atoms with van der Waals surface area (Å²) in [6, 6.07) is 6.16. The molecule has 2 saturated carbocycles. The van der Waals surface area contributed by atoms with E-state index in [9.17, 15) is 9.90 Å². The van der Waals surface area contributed by atoms with Crippen LogP contribution in [0.2, 0.25) is 0 Å². The number of benzene rings is 1. The molecule has 2 N–H and O–H groups in total. The second kappa shape index (κ2) is 8.43. The molecule has 0 aliphatic heterocycles. The highest BCUT2D eigenvalue weighted by Gasteiger charge is 2.61. The number of aliphatic hydroxyl groups is 1. The van der Waals surface area contributed by atoms with Gasteiger partial charge >= 0.3 is 5.97 Å². The molecule has 162 valence electrons. The Labute approximate surface area is 178 Å². The second-order valence-corrected chi connectivity index (χ2v) is 9.12. The van der Waals surface area contributed by atoms with Crippen molar-refractivity contribution in [3.05, 3.63) is 29.3 Å². The first-order valence-electron chi connectivity index (χ1n) is 10.9. The molecule has 1 aromatic carbocycles. The molecule has 2 fully saturated rings. The number of hydrogen-bond donors (Lipinski definition) is 2. The first kappa shape index (κ1) is 22.4. The maximum Gasteiger partial charge on any atom is 0.310 e. The first-order valence-corrected chi connectivity index (χ1v) is 10.9. The zero-order chi connectivity index (χ0) is 22.1. The highest BCUT2D eigenvalue weighted by Crippen LogP contribution is 2.64. The molecule has 0 saturated heterocycles. The van der Waals surface area contributed by atoms with Crippen LogP contribution < -0.4 is 4.74 Å². The maximum atomic E-state index is 11.6. The Morgan fingerprint density at radius 1 is 1.27 bits per heavy atom. The number of hydrogen-bond acceptors (Lipinski definition) is 4. The highest BCUT2D eigenvalue weighted by atomic mass is 16.5. The largest absolute Gasteiger partial charge is 0.481 e. The van der Waals surface area contributed by atoms with Gasteiger partial charge in [0.25, 0.3) is 5.97 Å². The SMILES string of the molecule is C#C[C@]1(O)CCC2C3CCc4cc(OC(=O)CC)ccc4C3CC[C@@]21C.CC(=O)O. The van der Waals surface area contributed by atoms with Crippen LogP contribution in [0.4, 0.5) is 0 Å². The number of carboxylic acids is 1. The standard InChI is InChI=1S/C23H28O3.C2H4O2/c1-4-21(24)26-16-7-9-17-15(14-16)6-8-19-18(17)10-12-22(3)20(19)11-13-23(22,25)5-2;1-2(3)4/h2,7,9,14,18-20,25H,4,6,8,10-13H2,1,3H3;1H3,(H,3,4)/t18?,19?,20?,22-,23-;/m0./s1. The lowest BCUT2D eigenvalue weighted by Gasteiger charge is -2.52. The van der Waals surface area contributed by atoms with Crippen molar-refractivity contribution in [1.82, 2.24) is 0 Å². The molecular weight excluding hydrogens is 380 g/mol. The number of rotatable bonds is 2. The van der Waals surface area contributed by atoms with Crippen LogP contribution in [0.5, 0.6) is 5.75 Å². The summed E-state index contributed by atoms with van der Waals surface area (Å²) in [6.45, 7) is 5.10. The van der Waals surface area contributed by atoms with E-state index in [2.05, 4.69) is 25.0 Å². The molecule has 4 rings (SSSR count). The normalized spacial score (nSPS) is 33.6. The van der Waals surface area contributed by atoms with Crippen LogP contribution in [0.15, 0.2) is 18.2 Å². The Bertz CT molecular complexity index is 865. The Morgan fingerprint density at radius 2 is 1.97 bits per heavy atom. The molecule has 0 radical (unpaired) electrons. The van der Waals surface area contributed by atoms with Gasteiger partial charge in [0, 0.05) is 18.8 Å². The topological polar surface area (TPSA) is 83.8 Å². The number of carbonyl (C=O) groups excluding carboxylic acids is 1. The van der Waals surface area contributed by atoms with Crippen molar-refractivity contribution < 1.29 is 24.5 Å². The van der Waals surface area contributed by atoms with Crippen molar-refractivity contribution in [2.75, 3.05) is 0 Å². The van der Waals surface area contributed by atoms with Gasteiger partial charge in [0.2, 0.25) is 0 Å². The minimum atomic E-state index is -0.943. The average molecular weight is 413 g/mol. The Morgan fingerprint density at radius 3 is 2.60 bits per heavy atom. The zero-order valence-corrected chi connectivity index (χ0v) is 18.1. The summed E-state index contributed by atoms with van der Waals surface area (Å²) in [5, 5.41) is 18.4. The van der Waals surface area contributed by atoms with E-state index in [0.717, 1.165) is 45.4 Å². The van der Waals surface area contributed by atoms with Gasteiger partial charge in [0.15, 0.2) is 0 Å². The van der Waals surface area contributed by atoms with Crippen molar-refractivity contribution in [2.24, 2.45) is 17.3 Å². The van der Waals surface area contributed by atoms with E-state index in [1.54, 1.807) is 0 Å². The predicted molar refractivity (Wildman–Crippen MR) is 114 cm³/mol. The number of carboxylic acid groups (broad SMARTS) is 1. The van der Waals surface area contributed by atoms with Crippen LogP contribution in [-0.2, 0) is 16.0 Å². The van der Waals surface area contributed by atoms with Gasteiger partial charge in [-0.05, 0) is 79.5 Å². The average Bonchev–Trinajstić information content (AvgIpc) is 2.98. The Hall–Kier alpha value is -2.32. The first-order chi connectivity index (χ1) is 14.1. The number of ether oxygens (including phenoxy) is 1. The molecule has 5 heteroatoms. The minimum Gasteiger partial charge on any atom is -0.481 e. The lowest BCUT2D eigenvalue weighted by molar-refractivity contribution is -0.135. The number of esters is 1. The monoisotopic (exact) mass is 412 g/mol. The van der Waals surface area contributed by atoms with Crippen molar-refractivity contribution >= 4 is 11.9 Å². The Kier molecular flexibility index (Phi) is 6.29. The summed E-state index contributed by atoms with van der Waals surface area (Å²) in [5.41, 5.74) is 1.63. The van der Waals surface area contributed by atoms with E-state index >= 15 is 0 Å². The van der Waals surface area contributed by atoms with Crippen molar-refractivity contribution in [2.45, 2.75) is 77.2 Å². The molecule has 0 heterocycles. The molecule has 0 aromatic heterocycles. The van der Waals surface area contributed by atoms with E-state index in [1.807, 2.05) is 13.0 Å². The van der Waals surface area contributed by atoms with Crippen molar-refractivity contribution in [3.63, 3.8) is 0 Å². The molecular formula is C25H32O5. The molecule has 0 spiro atoms. The predicted octanol–water partition coefficient (Wildman–Crippen LogP) is 4.31. The molecule has 3 aliphatic rings. The number of terminal acetylenes is 1. The Balaban J connectivity index is 0.000000589. The minimum absolute atomic E-state index is 0.156. The molecule has 30 heavy (non-hydrogen) atoms. The molecule has 0 bridgehead atoms. The third kappa shape index (κ3) is 3.86. The molecule has 1 aromatic rings. The number of aliphatic carboxylic acids is 1. The smallest absolute Gasteiger partial charge is 0.310 e. The van der Waals surface area contributed by atoms with Crippen LogP contribution in [0.25, 0.3) is 0 Å². The van der Waals surface area contributed by atoms with Crippen LogP contribution in [0, 0.1) is 29.6 Å². The summed E-state index contributed by atoms with van der Waals surface area (Å²) in [6.07, 6.45) is 12.1. The second-order valence-electron chi connectivity index (χ2n) is 9.12. The van der Waals surface area contributed by atoms with Gasteiger partial charge in [-0.2, -0.15) is 0 Å². The van der Waals surface area contributed by atoms with Gasteiger partial charge in [0.05, 0.1) is 0 Å². The lowest BCUT2D eigenvalue weighted by Crippen LogP contribution is -2.50. The molecule has 5 atom stereocenters. The van der Waals surface area contributed by atoms with E-state index in [-0.39, 0.29) is 11.4 Å². The van der Waals surface area contributed by atoms with E-state index < -0.39 is 11.6 Å². The van der Waals surface area contributed by atoms with Gasteiger partial charge < -0.3 is 14.9 Å². The third-order valence-electron chi connectivity index (χ3n) is 7.61. The van der Waals surface area contributed by atoms with Crippen molar-refractivity contribution in [3.8, 4) is 18.1 Å². The van der Waals surface area contributed by atoms with Crippen LogP contribution in [0.3, 0.4) is 0 Å². The summed E-state index contributed by atoms with van der Waals surface area (Å²) in [7, 11) is 0. The van der Waals surface area contributed by atoms with E-state index in [4.69, 9.17) is 21.1 Å². The fraction of sp³-hybridized carbons (Fsp3) is 0.600. The highest BCUT2D eigenvalue weighted by molar-refractivity contribution is 5.72. The van der Waals surface area contributed by atoms with Gasteiger partial charge in [-0.25, -0.2) is 0 Å². The molecule has 0 amide bonds. The number of carbonyl (C=O) groups is 2. The van der Waals surface area contributed by atoms with Crippen LogP contribution in [-0.4, -0.2) is 27.8 Å². The summed E-state index contributed by atoms with van der Waals surface area (Å²) >= 11 is 0. The zero-order valence-electron chi connectivity index (χ0n) is 18.1. The summed E-state index contributed by atoms with van der Waals surface area (Å²) in [4.78, 5) is 20.6. The van der Waals surface area contributed by atoms with Gasteiger partial charge in [-0.3, -0.25) is 9.59 Å². The number of aryl methyl sites for hydroxylation is 1. The molecule has 3 aliphatic carbocycles. The summed E-state index contributed by atoms with van der Waals surface area (Å²) in [5.74, 6) is 3.99. The third-order valence-corrected chi connectivity index (χ3v) is 7.61. The molecule has 3 unspecified atom stereocenters. The maximum absolute atomic E-state index is 11.6. The molecule has 5 nitrogen and oxygen atoms in total. The summed E-state index contributed by atoms with van der Waals surface area (Å²) < 4.78 is 5.40. The van der Waals surface area contributed by atoms with E-state index in [0.29, 0.717) is 29.9 Å². The lowest BCUT2D eigenvalue weighted by atomic mass is 9.53. The van der Waals surface area contributed by atoms with E-state index in [1.165, 1.54) is 11.1 Å². The number of fused-ring (bicyclic) bond motifs is 5. The van der Waals surface area contributed by atoms with Crippen molar-refractivity contribution in [1.29, 1.82) is 0 Å². The van der Waals surface area contributed by atoms with Gasteiger partial charge in [-0.15, -0.1) is 6.42 Å². The quantitative estimate of drug-likeness (QED) is 0.430. The fourth-order valence-electron chi connectivity index (χ4n) is 6.08. The van der Waals surface area contributed by atoms with Crippen LogP contribution in [0.1, 0.15) is 76.3 Å².